The van der Waals surface area contributed by atoms with Gasteiger partial charge in [0.05, 0.1) is 12.4 Å². The average molecular weight is 454 g/mol. The maximum absolute atomic E-state index is 12.9. The zero-order valence-corrected chi connectivity index (χ0v) is 19.6. The lowest BCUT2D eigenvalue weighted by Crippen LogP contribution is -2.38. The number of nitrogens with zero attached hydrogens (tertiary/aromatic N) is 3. The number of thioether (sulfide) groups is 1. The van der Waals surface area contributed by atoms with E-state index in [1.807, 2.05) is 47.8 Å². The SMILES string of the molecule is CCOc1ccc(CCC2CCN(C(=O)c3ccc(CSc4nccn4C)o3)CC2)cc1. The van der Waals surface area contributed by atoms with Crippen molar-refractivity contribution in [1.82, 2.24) is 14.5 Å². The number of likely N-dealkylation sites (tertiary alicyclic amines) is 1. The molecule has 6 nitrogen and oxygen atoms in total. The molecular formula is C25H31N3O3S. The standard InChI is InChI=1S/C25H31N3O3S/c1-3-30-21-8-6-19(7-9-21)4-5-20-12-15-28(16-13-20)24(29)23-11-10-22(31-23)18-32-25-26-14-17-27(25)2/h6-11,14,17,20H,3-5,12-13,15-16,18H2,1-2H3. The summed E-state index contributed by atoms with van der Waals surface area (Å²) in [5.74, 6) is 3.49. The fourth-order valence-corrected chi connectivity index (χ4v) is 4.89. The lowest BCUT2D eigenvalue weighted by molar-refractivity contribution is 0.0653. The first-order valence-electron chi connectivity index (χ1n) is 11.3. The van der Waals surface area contributed by atoms with Gasteiger partial charge in [-0.3, -0.25) is 4.79 Å². The van der Waals surface area contributed by atoms with Crippen molar-refractivity contribution in [2.24, 2.45) is 13.0 Å². The molecule has 170 valence electrons. The van der Waals surface area contributed by atoms with Crippen molar-refractivity contribution in [3.05, 3.63) is 65.9 Å². The molecule has 0 saturated carbocycles. The van der Waals surface area contributed by atoms with Crippen molar-refractivity contribution >= 4 is 17.7 Å². The van der Waals surface area contributed by atoms with E-state index >= 15 is 0 Å². The highest BCUT2D eigenvalue weighted by Crippen LogP contribution is 2.26. The van der Waals surface area contributed by atoms with Gasteiger partial charge < -0.3 is 18.6 Å². The van der Waals surface area contributed by atoms with Crippen LogP contribution in [-0.2, 0) is 19.2 Å². The molecule has 0 radical (unpaired) electrons. The van der Waals surface area contributed by atoms with Gasteiger partial charge in [0.1, 0.15) is 11.5 Å². The van der Waals surface area contributed by atoms with E-state index in [2.05, 4.69) is 17.1 Å². The molecule has 4 rings (SSSR count). The van der Waals surface area contributed by atoms with Gasteiger partial charge in [-0.25, -0.2) is 4.98 Å². The Labute approximate surface area is 194 Å². The number of aryl methyl sites for hydroxylation is 2. The van der Waals surface area contributed by atoms with Gasteiger partial charge in [-0.05, 0) is 68.4 Å². The summed E-state index contributed by atoms with van der Waals surface area (Å²) in [5, 5.41) is 0.932. The predicted octanol–water partition coefficient (Wildman–Crippen LogP) is 5.19. The van der Waals surface area contributed by atoms with E-state index in [0.29, 0.717) is 24.0 Å². The summed E-state index contributed by atoms with van der Waals surface area (Å²) in [5.41, 5.74) is 1.35. The molecule has 3 aromatic rings. The number of rotatable bonds is 9. The van der Waals surface area contributed by atoms with Crippen molar-refractivity contribution in [3.63, 3.8) is 0 Å². The fourth-order valence-electron chi connectivity index (χ4n) is 4.07. The van der Waals surface area contributed by atoms with Crippen LogP contribution in [0.3, 0.4) is 0 Å². The van der Waals surface area contributed by atoms with E-state index in [4.69, 9.17) is 9.15 Å². The lowest BCUT2D eigenvalue weighted by Gasteiger charge is -2.31. The van der Waals surface area contributed by atoms with Crippen molar-refractivity contribution < 1.29 is 13.9 Å². The first-order valence-corrected chi connectivity index (χ1v) is 12.3. The second kappa shape index (κ2) is 10.8. The molecule has 3 heterocycles. The zero-order valence-electron chi connectivity index (χ0n) is 18.8. The van der Waals surface area contributed by atoms with Crippen LogP contribution in [0.25, 0.3) is 0 Å². The quantitative estimate of drug-likeness (QED) is 0.417. The summed E-state index contributed by atoms with van der Waals surface area (Å²) in [6.07, 6.45) is 8.02. The summed E-state index contributed by atoms with van der Waals surface area (Å²) in [4.78, 5) is 19.1. The third-order valence-corrected chi connectivity index (χ3v) is 7.05. The Bertz CT molecular complexity index is 1000. The van der Waals surface area contributed by atoms with Crippen LogP contribution in [0.1, 0.15) is 48.1 Å². The van der Waals surface area contributed by atoms with Gasteiger partial charge in [-0.1, -0.05) is 23.9 Å². The first kappa shape index (κ1) is 22.5. The molecular weight excluding hydrogens is 422 g/mol. The van der Waals surface area contributed by atoms with E-state index in [1.54, 1.807) is 24.0 Å². The topological polar surface area (TPSA) is 60.5 Å². The molecule has 7 heteroatoms. The highest BCUT2D eigenvalue weighted by molar-refractivity contribution is 7.98. The number of piperidine rings is 1. The molecule has 1 amide bonds. The second-order valence-corrected chi connectivity index (χ2v) is 9.17. The molecule has 0 aliphatic carbocycles. The summed E-state index contributed by atoms with van der Waals surface area (Å²) in [6.45, 7) is 4.29. The van der Waals surface area contributed by atoms with Gasteiger partial charge in [0, 0.05) is 32.5 Å². The monoisotopic (exact) mass is 453 g/mol. The molecule has 0 atom stereocenters. The number of hydrogen-bond acceptors (Lipinski definition) is 5. The van der Waals surface area contributed by atoms with Gasteiger partial charge in [-0.15, -0.1) is 0 Å². The minimum atomic E-state index is 0.00297. The summed E-state index contributed by atoms with van der Waals surface area (Å²) >= 11 is 1.60. The van der Waals surface area contributed by atoms with Crippen LogP contribution in [0.15, 0.2) is 58.4 Å². The van der Waals surface area contributed by atoms with E-state index in [-0.39, 0.29) is 5.91 Å². The van der Waals surface area contributed by atoms with Crippen molar-refractivity contribution in [3.8, 4) is 5.75 Å². The van der Waals surface area contributed by atoms with Crippen LogP contribution in [0.2, 0.25) is 0 Å². The fraction of sp³-hybridized carbons (Fsp3) is 0.440. The van der Waals surface area contributed by atoms with Crippen molar-refractivity contribution in [2.45, 2.75) is 43.5 Å². The van der Waals surface area contributed by atoms with Gasteiger partial charge in [0.2, 0.25) is 0 Å². The van der Waals surface area contributed by atoms with Crippen LogP contribution in [-0.4, -0.2) is 40.1 Å². The van der Waals surface area contributed by atoms with E-state index in [0.717, 1.165) is 55.4 Å². The number of aromatic nitrogens is 2. The maximum Gasteiger partial charge on any atom is 0.289 e. The molecule has 1 aromatic carbocycles. The molecule has 2 aromatic heterocycles. The summed E-state index contributed by atoms with van der Waals surface area (Å²) in [7, 11) is 1.97. The second-order valence-electron chi connectivity index (χ2n) is 8.23. The molecule has 1 aliphatic heterocycles. The predicted molar refractivity (Wildman–Crippen MR) is 126 cm³/mol. The average Bonchev–Trinajstić information content (AvgIpc) is 3.46. The highest BCUT2D eigenvalue weighted by Gasteiger charge is 2.25. The Balaban J connectivity index is 1.21. The van der Waals surface area contributed by atoms with Crippen LogP contribution >= 0.6 is 11.8 Å². The summed E-state index contributed by atoms with van der Waals surface area (Å²) in [6, 6.07) is 12.1. The van der Waals surface area contributed by atoms with Gasteiger partial charge in [-0.2, -0.15) is 0 Å². The van der Waals surface area contributed by atoms with E-state index < -0.39 is 0 Å². The van der Waals surface area contributed by atoms with E-state index in [1.165, 1.54) is 5.56 Å². The number of imidazole rings is 1. The Morgan fingerprint density at radius 2 is 1.97 bits per heavy atom. The van der Waals surface area contributed by atoms with Crippen LogP contribution in [0, 0.1) is 5.92 Å². The van der Waals surface area contributed by atoms with Gasteiger partial charge in [0.25, 0.3) is 5.91 Å². The van der Waals surface area contributed by atoms with Crippen molar-refractivity contribution in [1.29, 1.82) is 0 Å². The highest BCUT2D eigenvalue weighted by atomic mass is 32.2. The molecule has 0 unspecified atom stereocenters. The third-order valence-electron chi connectivity index (χ3n) is 5.97. The maximum atomic E-state index is 12.9. The Morgan fingerprint density at radius 3 is 2.66 bits per heavy atom. The molecule has 32 heavy (non-hydrogen) atoms. The van der Waals surface area contributed by atoms with E-state index in [9.17, 15) is 4.79 Å². The summed E-state index contributed by atoms with van der Waals surface area (Å²) < 4.78 is 13.3. The molecule has 0 N–H and O–H groups in total. The number of carbonyl (C=O) groups is 1. The first-order chi connectivity index (χ1) is 15.6. The number of benzene rings is 1. The van der Waals surface area contributed by atoms with Crippen molar-refractivity contribution in [2.75, 3.05) is 19.7 Å². The molecule has 0 spiro atoms. The lowest BCUT2D eigenvalue weighted by atomic mass is 9.90. The Morgan fingerprint density at radius 1 is 1.19 bits per heavy atom. The molecule has 1 aliphatic rings. The number of ether oxygens (including phenoxy) is 1. The number of hydrogen-bond donors (Lipinski definition) is 0. The smallest absolute Gasteiger partial charge is 0.289 e. The molecule has 1 fully saturated rings. The zero-order chi connectivity index (χ0) is 22.3. The third kappa shape index (κ3) is 5.76. The Hall–Kier alpha value is -2.67. The minimum absolute atomic E-state index is 0.00297. The van der Waals surface area contributed by atoms with Crippen LogP contribution in [0.5, 0.6) is 5.75 Å². The van der Waals surface area contributed by atoms with Crippen LogP contribution < -0.4 is 4.74 Å². The minimum Gasteiger partial charge on any atom is -0.494 e. The van der Waals surface area contributed by atoms with Crippen LogP contribution in [0.4, 0.5) is 0 Å². The molecule has 0 bridgehead atoms. The van der Waals surface area contributed by atoms with Gasteiger partial charge in [0.15, 0.2) is 10.9 Å². The van der Waals surface area contributed by atoms with Gasteiger partial charge >= 0.3 is 0 Å². The normalized spacial score (nSPS) is 14.6. The molecule has 1 saturated heterocycles. The Kier molecular flexibility index (Phi) is 7.58. The number of furan rings is 1. The largest absolute Gasteiger partial charge is 0.494 e. The number of carbonyl (C=O) groups excluding carboxylic acids is 1. The number of amides is 1.